The highest BCUT2D eigenvalue weighted by Crippen LogP contribution is 2.16. The fraction of sp³-hybridized carbons (Fsp3) is 0.214. The van der Waals surface area contributed by atoms with E-state index in [1.54, 1.807) is 30.5 Å². The maximum Gasteiger partial charge on any atom is 0.337 e. The quantitative estimate of drug-likeness (QED) is 0.480. The molecule has 5 nitrogen and oxygen atoms in total. The smallest absolute Gasteiger partial charge is 0.337 e. The molecule has 0 N–H and O–H groups in total. The number of Topliss-reactive ketones (excluding diaryl/α,β-unsaturated/α-hetero) is 1. The van der Waals surface area contributed by atoms with Crippen LogP contribution < -0.4 is 0 Å². The summed E-state index contributed by atoms with van der Waals surface area (Å²) in [6.07, 6.45) is 3.52. The first kappa shape index (κ1) is 14.3. The number of nitrogens with zero attached hydrogens (tertiary/aromatic N) is 2. The van der Waals surface area contributed by atoms with Crippen LogP contribution in [0.3, 0.4) is 0 Å². The molecule has 20 heavy (non-hydrogen) atoms. The number of ether oxygens (including phenoxy) is 1. The molecule has 0 aliphatic heterocycles. The third-order valence-electron chi connectivity index (χ3n) is 2.74. The monoisotopic (exact) mass is 290 g/mol. The molecule has 0 saturated heterocycles. The first-order chi connectivity index (χ1) is 9.61. The molecule has 0 saturated carbocycles. The number of aryl methyl sites for hydroxylation is 1. The van der Waals surface area contributed by atoms with Crippen LogP contribution >= 0.6 is 11.8 Å². The number of methoxy groups -OCH3 is 1. The van der Waals surface area contributed by atoms with E-state index in [1.165, 1.54) is 18.9 Å². The van der Waals surface area contributed by atoms with Crippen molar-refractivity contribution in [1.82, 2.24) is 9.55 Å². The van der Waals surface area contributed by atoms with E-state index in [2.05, 4.69) is 9.72 Å². The largest absolute Gasteiger partial charge is 0.465 e. The van der Waals surface area contributed by atoms with Crippen molar-refractivity contribution in [2.45, 2.75) is 5.16 Å². The highest BCUT2D eigenvalue weighted by molar-refractivity contribution is 7.99. The molecule has 0 amide bonds. The van der Waals surface area contributed by atoms with Crippen molar-refractivity contribution >= 4 is 23.5 Å². The molecule has 0 bridgehead atoms. The minimum absolute atomic E-state index is 0.00517. The Balaban J connectivity index is 1.99. The van der Waals surface area contributed by atoms with Crippen LogP contribution in [0, 0.1) is 0 Å². The molecule has 0 unspecified atom stereocenters. The number of rotatable bonds is 5. The standard InChI is InChI=1S/C14H14N2O3S/c1-16-8-7-15-14(16)20-9-12(17)10-3-5-11(6-4-10)13(18)19-2/h3-8H,9H2,1-2H3. The zero-order valence-electron chi connectivity index (χ0n) is 11.2. The topological polar surface area (TPSA) is 61.2 Å². The van der Waals surface area contributed by atoms with E-state index in [9.17, 15) is 9.59 Å². The van der Waals surface area contributed by atoms with Gasteiger partial charge in [0.15, 0.2) is 10.9 Å². The fourth-order valence-corrected chi connectivity index (χ4v) is 2.44. The number of esters is 1. The Kier molecular flexibility index (Phi) is 4.57. The molecule has 0 radical (unpaired) electrons. The Labute approximate surface area is 121 Å². The summed E-state index contributed by atoms with van der Waals surface area (Å²) in [7, 11) is 3.20. The Morgan fingerprint density at radius 1 is 1.25 bits per heavy atom. The van der Waals surface area contributed by atoms with Crippen molar-refractivity contribution in [2.75, 3.05) is 12.9 Å². The summed E-state index contributed by atoms with van der Waals surface area (Å²) in [4.78, 5) is 27.5. The third-order valence-corrected chi connectivity index (χ3v) is 3.80. The molecule has 1 aromatic heterocycles. The van der Waals surface area contributed by atoms with E-state index in [-0.39, 0.29) is 5.78 Å². The lowest BCUT2D eigenvalue weighted by atomic mass is 10.1. The van der Waals surface area contributed by atoms with E-state index >= 15 is 0 Å². The molecule has 1 heterocycles. The molecular weight excluding hydrogens is 276 g/mol. The second-order valence-corrected chi connectivity index (χ2v) is 5.04. The summed E-state index contributed by atoms with van der Waals surface area (Å²) in [6, 6.07) is 6.44. The first-order valence-electron chi connectivity index (χ1n) is 5.93. The maximum absolute atomic E-state index is 12.0. The number of aromatic nitrogens is 2. The minimum Gasteiger partial charge on any atom is -0.465 e. The third kappa shape index (κ3) is 3.27. The van der Waals surface area contributed by atoms with Crippen LogP contribution in [0.25, 0.3) is 0 Å². The average Bonchev–Trinajstić information content (AvgIpc) is 2.89. The zero-order chi connectivity index (χ0) is 14.5. The van der Waals surface area contributed by atoms with E-state index in [0.29, 0.717) is 16.9 Å². The summed E-state index contributed by atoms with van der Waals surface area (Å²) in [5, 5.41) is 0.796. The molecule has 0 aliphatic rings. The van der Waals surface area contributed by atoms with Crippen molar-refractivity contribution < 1.29 is 14.3 Å². The van der Waals surface area contributed by atoms with Crippen LogP contribution in [0.2, 0.25) is 0 Å². The second kappa shape index (κ2) is 6.38. The number of benzene rings is 1. The number of ketones is 1. The summed E-state index contributed by atoms with van der Waals surface area (Å²) < 4.78 is 6.47. The van der Waals surface area contributed by atoms with Crippen LogP contribution in [0.15, 0.2) is 41.8 Å². The molecule has 104 valence electrons. The summed E-state index contributed by atoms with van der Waals surface area (Å²) in [5.41, 5.74) is 1.00. The molecule has 0 aliphatic carbocycles. The van der Waals surface area contributed by atoms with E-state index < -0.39 is 5.97 Å². The van der Waals surface area contributed by atoms with Gasteiger partial charge in [0.2, 0.25) is 0 Å². The second-order valence-electron chi connectivity index (χ2n) is 4.10. The number of hydrogen-bond acceptors (Lipinski definition) is 5. The van der Waals surface area contributed by atoms with E-state index in [0.717, 1.165) is 5.16 Å². The van der Waals surface area contributed by atoms with Gasteiger partial charge in [-0.25, -0.2) is 9.78 Å². The predicted molar refractivity (Wildman–Crippen MR) is 76.0 cm³/mol. The molecule has 2 rings (SSSR count). The van der Waals surface area contributed by atoms with Crippen molar-refractivity contribution in [3.8, 4) is 0 Å². The zero-order valence-corrected chi connectivity index (χ0v) is 12.0. The van der Waals surface area contributed by atoms with Crippen LogP contribution in [0.4, 0.5) is 0 Å². The molecule has 2 aromatic rings. The Hall–Kier alpha value is -2.08. The van der Waals surface area contributed by atoms with Crippen LogP contribution in [0.1, 0.15) is 20.7 Å². The molecule has 0 atom stereocenters. The lowest BCUT2D eigenvalue weighted by Gasteiger charge is -2.03. The van der Waals surface area contributed by atoms with Gasteiger partial charge >= 0.3 is 5.97 Å². The van der Waals surface area contributed by atoms with Crippen LogP contribution in [0.5, 0.6) is 0 Å². The highest BCUT2D eigenvalue weighted by atomic mass is 32.2. The van der Waals surface area contributed by atoms with Gasteiger partial charge < -0.3 is 9.30 Å². The minimum atomic E-state index is -0.411. The van der Waals surface area contributed by atoms with Gasteiger partial charge in [-0.3, -0.25) is 4.79 Å². The highest BCUT2D eigenvalue weighted by Gasteiger charge is 2.10. The molecule has 0 fully saturated rings. The normalized spacial score (nSPS) is 10.3. The van der Waals surface area contributed by atoms with Crippen LogP contribution in [-0.4, -0.2) is 34.2 Å². The van der Waals surface area contributed by atoms with Gasteiger partial charge in [0.25, 0.3) is 0 Å². The summed E-state index contributed by atoms with van der Waals surface area (Å²) in [5.74, 6) is -0.108. The number of imidazole rings is 1. The van der Waals surface area contributed by atoms with E-state index in [1.807, 2.05) is 17.8 Å². The van der Waals surface area contributed by atoms with E-state index in [4.69, 9.17) is 0 Å². The number of carbonyl (C=O) groups is 2. The van der Waals surface area contributed by atoms with Gasteiger partial charge in [0, 0.05) is 25.0 Å². The van der Waals surface area contributed by atoms with Gasteiger partial charge in [-0.05, 0) is 12.1 Å². The summed E-state index contributed by atoms with van der Waals surface area (Å²) >= 11 is 1.38. The Bertz CT molecular complexity index is 620. The first-order valence-corrected chi connectivity index (χ1v) is 6.92. The van der Waals surface area contributed by atoms with Crippen molar-refractivity contribution in [3.05, 3.63) is 47.8 Å². The van der Waals surface area contributed by atoms with Crippen molar-refractivity contribution in [2.24, 2.45) is 7.05 Å². The molecule has 6 heteroatoms. The molecular formula is C14H14N2O3S. The lowest BCUT2D eigenvalue weighted by Crippen LogP contribution is -2.05. The Morgan fingerprint density at radius 2 is 1.90 bits per heavy atom. The number of carbonyl (C=O) groups excluding carboxylic acids is 2. The van der Waals surface area contributed by atoms with Gasteiger partial charge in [0.05, 0.1) is 18.4 Å². The Morgan fingerprint density at radius 3 is 2.45 bits per heavy atom. The fourth-order valence-electron chi connectivity index (χ4n) is 1.61. The van der Waals surface area contributed by atoms with Crippen molar-refractivity contribution in [1.29, 1.82) is 0 Å². The predicted octanol–water partition coefficient (Wildman–Crippen LogP) is 2.18. The summed E-state index contributed by atoms with van der Waals surface area (Å²) in [6.45, 7) is 0. The average molecular weight is 290 g/mol. The number of thioether (sulfide) groups is 1. The maximum atomic E-state index is 12.0. The van der Waals surface area contributed by atoms with Gasteiger partial charge in [0.1, 0.15) is 0 Å². The van der Waals surface area contributed by atoms with Crippen LogP contribution in [-0.2, 0) is 11.8 Å². The lowest BCUT2D eigenvalue weighted by molar-refractivity contribution is 0.0600. The molecule has 0 spiro atoms. The molecule has 1 aromatic carbocycles. The van der Waals surface area contributed by atoms with Gasteiger partial charge in [-0.1, -0.05) is 23.9 Å². The van der Waals surface area contributed by atoms with Gasteiger partial charge in [-0.2, -0.15) is 0 Å². The van der Waals surface area contributed by atoms with Gasteiger partial charge in [-0.15, -0.1) is 0 Å². The number of hydrogen-bond donors (Lipinski definition) is 0. The van der Waals surface area contributed by atoms with Crippen molar-refractivity contribution in [3.63, 3.8) is 0 Å². The SMILES string of the molecule is COC(=O)c1ccc(C(=O)CSc2nccn2C)cc1.